The first-order chi connectivity index (χ1) is 18.4. The van der Waals surface area contributed by atoms with Crippen molar-refractivity contribution in [3.8, 4) is 17.0 Å². The van der Waals surface area contributed by atoms with E-state index in [-0.39, 0.29) is 24.7 Å². The van der Waals surface area contributed by atoms with Crippen LogP contribution in [-0.4, -0.2) is 64.5 Å². The molecular weight excluding hydrogens is 504 g/mol. The Labute approximate surface area is 229 Å². The molecule has 9 heteroatoms. The molecule has 3 aromatic rings. The van der Waals surface area contributed by atoms with Gasteiger partial charge < -0.3 is 24.8 Å². The number of rotatable bonds is 10. The van der Waals surface area contributed by atoms with Crippen LogP contribution in [0.25, 0.3) is 11.3 Å². The van der Waals surface area contributed by atoms with Crippen molar-refractivity contribution < 1.29 is 19.4 Å². The molecule has 3 atom stereocenters. The average Bonchev–Trinajstić information content (AvgIpc) is 3.25. The highest BCUT2D eigenvalue weighted by Crippen LogP contribution is 2.34. The zero-order valence-electron chi connectivity index (χ0n) is 22.3. The van der Waals surface area contributed by atoms with Crippen LogP contribution in [0.4, 0.5) is 10.6 Å². The molecule has 0 saturated carbocycles. The molecule has 0 aliphatic carbocycles. The molecule has 1 unspecified atom stereocenters. The second-order valence-electron chi connectivity index (χ2n) is 9.22. The fourth-order valence-corrected chi connectivity index (χ4v) is 5.32. The minimum atomic E-state index is -0.958. The predicted octanol–water partition coefficient (Wildman–Crippen LogP) is 5.72. The molecule has 8 nitrogen and oxygen atoms in total. The summed E-state index contributed by atoms with van der Waals surface area (Å²) in [6.45, 7) is 6.75. The van der Waals surface area contributed by atoms with Crippen molar-refractivity contribution >= 4 is 23.5 Å². The van der Waals surface area contributed by atoms with E-state index in [1.165, 1.54) is 4.90 Å². The van der Waals surface area contributed by atoms with E-state index in [4.69, 9.17) is 31.0 Å². The lowest BCUT2D eigenvalue weighted by atomic mass is 9.98. The Bertz CT molecular complexity index is 1260. The van der Waals surface area contributed by atoms with Crippen LogP contribution in [0, 0.1) is 0 Å². The zero-order valence-corrected chi connectivity index (χ0v) is 23.0. The van der Waals surface area contributed by atoms with Crippen LogP contribution in [0.2, 0.25) is 5.02 Å². The maximum Gasteiger partial charge on any atom is 0.407 e. The molecular formula is C29H35ClN4O4. The Morgan fingerprint density at radius 3 is 2.45 bits per heavy atom. The fraction of sp³-hybridized carbons (Fsp3) is 0.414. The SMILES string of the molecule is CCO[C@H]1CN(C(=O)O)C(Cc2ccccc2)[C@H]1Nc1nc(CC)c(-c2ccc(OC)cc2Cl)nc1CC. The van der Waals surface area contributed by atoms with Crippen LogP contribution < -0.4 is 10.1 Å². The van der Waals surface area contributed by atoms with Gasteiger partial charge in [0.05, 0.1) is 53.9 Å². The standard InChI is InChI=1S/C29H35ClN4O4/c1-5-22-26(20-14-13-19(37-4)16-21(20)30)31-23(6-2)28(32-22)33-27-24(15-18-11-9-8-10-12-18)34(29(35)36)17-25(27)38-7-3/h8-14,16,24-25,27H,5-7,15,17H2,1-4H3,(H,32,33)(H,35,36)/t24?,25-,27+/m0/s1. The average molecular weight is 539 g/mol. The summed E-state index contributed by atoms with van der Waals surface area (Å²) in [5.41, 5.74) is 4.19. The van der Waals surface area contributed by atoms with Gasteiger partial charge in [-0.3, -0.25) is 0 Å². The third kappa shape index (κ3) is 5.87. The number of nitrogens with one attached hydrogen (secondary N) is 1. The molecule has 2 aromatic carbocycles. The van der Waals surface area contributed by atoms with Gasteiger partial charge >= 0.3 is 6.09 Å². The summed E-state index contributed by atoms with van der Waals surface area (Å²) in [6, 6.07) is 14.8. The molecule has 1 aromatic heterocycles. The topological polar surface area (TPSA) is 96.8 Å². The lowest BCUT2D eigenvalue weighted by Gasteiger charge is -2.29. The summed E-state index contributed by atoms with van der Waals surface area (Å²) in [5.74, 6) is 1.33. The number of likely N-dealkylation sites (tertiary alicyclic amines) is 1. The van der Waals surface area contributed by atoms with Gasteiger partial charge in [-0.25, -0.2) is 14.8 Å². The first-order valence-electron chi connectivity index (χ1n) is 13.0. The number of nitrogens with zero attached hydrogens (tertiary/aromatic N) is 3. The van der Waals surface area contributed by atoms with E-state index in [0.717, 1.165) is 28.2 Å². The number of hydrogen-bond acceptors (Lipinski definition) is 6. The van der Waals surface area contributed by atoms with Crippen molar-refractivity contribution in [2.75, 3.05) is 25.6 Å². The number of amides is 1. The van der Waals surface area contributed by atoms with Gasteiger partial charge in [0.25, 0.3) is 0 Å². The molecule has 2 N–H and O–H groups in total. The van der Waals surface area contributed by atoms with Gasteiger partial charge in [-0.05, 0) is 49.9 Å². The maximum atomic E-state index is 12.2. The third-order valence-corrected chi connectivity index (χ3v) is 7.26. The van der Waals surface area contributed by atoms with Crippen LogP contribution in [0.5, 0.6) is 5.75 Å². The number of ether oxygens (including phenoxy) is 2. The summed E-state index contributed by atoms with van der Waals surface area (Å²) in [4.78, 5) is 23.7. The highest BCUT2D eigenvalue weighted by Gasteiger charge is 2.45. The van der Waals surface area contributed by atoms with Crippen molar-refractivity contribution in [3.05, 3.63) is 70.5 Å². The maximum absolute atomic E-state index is 12.2. The summed E-state index contributed by atoms with van der Waals surface area (Å²) >= 11 is 6.60. The fourth-order valence-electron chi connectivity index (χ4n) is 5.06. The summed E-state index contributed by atoms with van der Waals surface area (Å²) in [7, 11) is 1.60. The van der Waals surface area contributed by atoms with E-state index in [1.54, 1.807) is 13.2 Å². The van der Waals surface area contributed by atoms with E-state index in [0.29, 0.717) is 42.5 Å². The number of aromatic nitrogens is 2. The molecule has 1 fully saturated rings. The Balaban J connectivity index is 1.74. The molecule has 1 aliphatic heterocycles. The van der Waals surface area contributed by atoms with Gasteiger partial charge in [0.2, 0.25) is 0 Å². The van der Waals surface area contributed by atoms with Crippen LogP contribution in [0.15, 0.2) is 48.5 Å². The Hall–Kier alpha value is -3.36. The zero-order chi connectivity index (χ0) is 27.2. The molecule has 1 amide bonds. The van der Waals surface area contributed by atoms with E-state index in [2.05, 4.69) is 5.32 Å². The smallest absolute Gasteiger partial charge is 0.407 e. The summed E-state index contributed by atoms with van der Waals surface area (Å²) in [5, 5.41) is 14.2. The Morgan fingerprint density at radius 2 is 1.84 bits per heavy atom. The third-order valence-electron chi connectivity index (χ3n) is 6.95. The van der Waals surface area contributed by atoms with Crippen LogP contribution in [0.1, 0.15) is 37.7 Å². The highest BCUT2D eigenvalue weighted by atomic mass is 35.5. The number of carbonyl (C=O) groups is 1. The second-order valence-corrected chi connectivity index (χ2v) is 9.63. The lowest BCUT2D eigenvalue weighted by Crippen LogP contribution is -2.45. The quantitative estimate of drug-likeness (QED) is 0.340. The Morgan fingerprint density at radius 1 is 1.11 bits per heavy atom. The molecule has 2 heterocycles. The number of aryl methyl sites for hydroxylation is 2. The van der Waals surface area contributed by atoms with Gasteiger partial charge in [-0.15, -0.1) is 0 Å². The largest absolute Gasteiger partial charge is 0.497 e. The highest BCUT2D eigenvalue weighted by molar-refractivity contribution is 6.33. The van der Waals surface area contributed by atoms with Crippen molar-refractivity contribution in [3.63, 3.8) is 0 Å². The van der Waals surface area contributed by atoms with Crippen LogP contribution in [0.3, 0.4) is 0 Å². The van der Waals surface area contributed by atoms with Crippen molar-refractivity contribution in [1.82, 2.24) is 14.9 Å². The van der Waals surface area contributed by atoms with E-state index < -0.39 is 6.09 Å². The molecule has 202 valence electrons. The normalized spacial score (nSPS) is 19.0. The van der Waals surface area contributed by atoms with Gasteiger partial charge in [0.1, 0.15) is 11.6 Å². The minimum absolute atomic E-state index is 0.285. The number of hydrogen-bond donors (Lipinski definition) is 2. The molecule has 1 aliphatic rings. The van der Waals surface area contributed by atoms with Crippen molar-refractivity contribution in [2.45, 2.75) is 58.2 Å². The van der Waals surface area contributed by atoms with Crippen LogP contribution in [-0.2, 0) is 24.0 Å². The number of methoxy groups -OCH3 is 1. The van der Waals surface area contributed by atoms with Gasteiger partial charge in [0.15, 0.2) is 0 Å². The van der Waals surface area contributed by atoms with E-state index >= 15 is 0 Å². The van der Waals surface area contributed by atoms with Crippen molar-refractivity contribution in [1.29, 1.82) is 0 Å². The van der Waals surface area contributed by atoms with Gasteiger partial charge in [0, 0.05) is 12.2 Å². The van der Waals surface area contributed by atoms with Crippen LogP contribution >= 0.6 is 11.6 Å². The van der Waals surface area contributed by atoms with Gasteiger partial charge in [-0.1, -0.05) is 55.8 Å². The molecule has 4 rings (SSSR count). The molecule has 38 heavy (non-hydrogen) atoms. The van der Waals surface area contributed by atoms with Crippen molar-refractivity contribution in [2.24, 2.45) is 0 Å². The molecule has 0 spiro atoms. The Kier molecular flexibility index (Phi) is 9.07. The van der Waals surface area contributed by atoms with Gasteiger partial charge in [-0.2, -0.15) is 0 Å². The number of benzene rings is 2. The molecule has 0 bridgehead atoms. The second kappa shape index (κ2) is 12.5. The van der Waals surface area contributed by atoms with E-state index in [9.17, 15) is 9.90 Å². The molecule has 0 radical (unpaired) electrons. The summed E-state index contributed by atoms with van der Waals surface area (Å²) < 4.78 is 11.4. The number of anilines is 1. The predicted molar refractivity (Wildman–Crippen MR) is 149 cm³/mol. The first-order valence-corrected chi connectivity index (χ1v) is 13.4. The number of halogens is 1. The number of carboxylic acid groups (broad SMARTS) is 1. The first kappa shape index (κ1) is 27.7. The van der Waals surface area contributed by atoms with E-state index in [1.807, 2.05) is 63.2 Å². The summed E-state index contributed by atoms with van der Waals surface area (Å²) in [6.07, 6.45) is 0.566. The molecule has 1 saturated heterocycles. The lowest BCUT2D eigenvalue weighted by molar-refractivity contribution is 0.0627. The minimum Gasteiger partial charge on any atom is -0.497 e. The monoisotopic (exact) mass is 538 g/mol.